The normalized spacial score (nSPS) is 32.7. The molecule has 2 saturated heterocycles. The minimum Gasteiger partial charge on any atom is -0.596 e. The maximum atomic E-state index is 11.7. The monoisotopic (exact) mass is 259 g/mol. The van der Waals surface area contributed by atoms with Crippen molar-refractivity contribution in [3.63, 3.8) is 0 Å². The van der Waals surface area contributed by atoms with E-state index in [-0.39, 0.29) is 29.4 Å². The molecule has 1 aromatic rings. The largest absolute Gasteiger partial charge is 0.614 e. The third-order valence-electron chi connectivity index (χ3n) is 3.97. The Hall–Kier alpha value is -2.08. The Labute approximate surface area is 111 Å². The van der Waals surface area contributed by atoms with Gasteiger partial charge in [-0.1, -0.05) is 35.8 Å². The van der Waals surface area contributed by atoms with Crippen LogP contribution < -0.4 is 0 Å². The van der Waals surface area contributed by atoms with Crippen LogP contribution in [0, 0.1) is 0 Å². The number of rotatable bonds is 2. The molecule has 6 heteroatoms. The van der Waals surface area contributed by atoms with Crippen molar-refractivity contribution in [2.75, 3.05) is 20.1 Å². The van der Waals surface area contributed by atoms with Gasteiger partial charge in [0.1, 0.15) is 13.1 Å². The van der Waals surface area contributed by atoms with E-state index in [1.807, 2.05) is 30.3 Å². The summed E-state index contributed by atoms with van der Waals surface area (Å²) in [7, 11) is 1.80. The molecule has 0 amide bonds. The maximum absolute atomic E-state index is 11.7. The number of benzene rings is 1. The van der Waals surface area contributed by atoms with Gasteiger partial charge in [0.25, 0.3) is 0 Å². The number of hydrogen-bond donors (Lipinski definition) is 0. The second-order valence-corrected chi connectivity index (χ2v) is 5.34. The highest BCUT2D eigenvalue weighted by atomic mass is 16.7. The van der Waals surface area contributed by atoms with E-state index in [2.05, 4.69) is 6.58 Å². The molecule has 0 aliphatic carbocycles. The van der Waals surface area contributed by atoms with Crippen molar-refractivity contribution in [1.82, 2.24) is 0 Å². The molecule has 3 rings (SSSR count). The Morgan fingerprint density at radius 1 is 1.16 bits per heavy atom. The van der Waals surface area contributed by atoms with E-state index in [1.54, 1.807) is 7.05 Å². The highest BCUT2D eigenvalue weighted by Gasteiger charge is 2.66. The Morgan fingerprint density at radius 2 is 1.68 bits per heavy atom. The van der Waals surface area contributed by atoms with Crippen LogP contribution in [0.3, 0.4) is 0 Å². The SMILES string of the molecule is C=C(c1ccccc1)[B-]12OC(=O)C[N+]1(C)CC(=O)O2. The first-order valence-corrected chi connectivity index (χ1v) is 6.14. The summed E-state index contributed by atoms with van der Waals surface area (Å²) < 4.78 is 11.0. The predicted octanol–water partition coefficient (Wildman–Crippen LogP) is 0.738. The molecule has 1 aromatic carbocycles. The van der Waals surface area contributed by atoms with Crippen LogP contribution in [0.15, 0.2) is 36.9 Å². The molecular formula is C13H14BNO4. The molecule has 2 fully saturated rings. The fourth-order valence-electron chi connectivity index (χ4n) is 2.98. The minimum absolute atomic E-state index is 0.130. The Kier molecular flexibility index (Phi) is 2.34. The molecule has 2 aliphatic heterocycles. The lowest BCUT2D eigenvalue weighted by atomic mass is 9.58. The van der Waals surface area contributed by atoms with Crippen molar-refractivity contribution in [3.8, 4) is 0 Å². The Morgan fingerprint density at radius 3 is 2.21 bits per heavy atom. The van der Waals surface area contributed by atoms with Crippen molar-refractivity contribution in [2.24, 2.45) is 0 Å². The Bertz CT molecular complexity index is 564. The number of quaternary nitrogens is 1. The summed E-state index contributed by atoms with van der Waals surface area (Å²) in [5.74, 6) is -0.709. The summed E-state index contributed by atoms with van der Waals surface area (Å²) in [6.45, 7) is 2.09. The molecule has 0 saturated carbocycles. The quantitative estimate of drug-likeness (QED) is 0.735. The smallest absolute Gasteiger partial charge is 0.596 e. The van der Waals surface area contributed by atoms with Crippen molar-refractivity contribution >= 4 is 24.1 Å². The highest BCUT2D eigenvalue weighted by molar-refractivity contribution is 6.84. The van der Waals surface area contributed by atoms with Gasteiger partial charge >= 0.3 is 18.6 Å². The molecule has 2 heterocycles. The molecule has 19 heavy (non-hydrogen) atoms. The molecule has 98 valence electrons. The molecule has 0 atom stereocenters. The lowest BCUT2D eigenvalue weighted by molar-refractivity contribution is -0.791. The van der Waals surface area contributed by atoms with Crippen LogP contribution in [0.2, 0.25) is 0 Å². The van der Waals surface area contributed by atoms with Crippen LogP contribution in [-0.4, -0.2) is 43.2 Å². The van der Waals surface area contributed by atoms with E-state index >= 15 is 0 Å². The third-order valence-corrected chi connectivity index (χ3v) is 3.97. The zero-order valence-electron chi connectivity index (χ0n) is 10.7. The highest BCUT2D eigenvalue weighted by Crippen LogP contribution is 2.41. The minimum atomic E-state index is -2.19. The van der Waals surface area contributed by atoms with Gasteiger partial charge in [-0.05, 0) is 5.56 Å². The Balaban J connectivity index is 2.08. The van der Waals surface area contributed by atoms with Crippen molar-refractivity contribution in [3.05, 3.63) is 42.5 Å². The summed E-state index contributed by atoms with van der Waals surface area (Å²) in [6.07, 6.45) is 0. The topological polar surface area (TPSA) is 52.6 Å². The van der Waals surface area contributed by atoms with Crippen molar-refractivity contribution in [2.45, 2.75) is 0 Å². The standard InChI is InChI=1S/C13H14BNO4/c1-10(11-6-4-3-5-7-11)14-15(2,8-12(16)18-14)9-13(17)19-14/h3-7H,1,8-9H2,2H3. The first-order chi connectivity index (χ1) is 8.97. The van der Waals surface area contributed by atoms with Crippen LogP contribution >= 0.6 is 0 Å². The predicted molar refractivity (Wildman–Crippen MR) is 69.3 cm³/mol. The van der Waals surface area contributed by atoms with Gasteiger partial charge in [0.15, 0.2) is 0 Å². The van der Waals surface area contributed by atoms with Crippen LogP contribution in [0.1, 0.15) is 5.56 Å². The van der Waals surface area contributed by atoms with Gasteiger partial charge in [-0.25, -0.2) is 0 Å². The number of carbonyl (C=O) groups excluding carboxylic acids is 2. The van der Waals surface area contributed by atoms with Gasteiger partial charge in [0, 0.05) is 7.05 Å². The van der Waals surface area contributed by atoms with E-state index in [0.717, 1.165) is 5.56 Å². The van der Waals surface area contributed by atoms with E-state index in [1.165, 1.54) is 0 Å². The van der Waals surface area contributed by atoms with Crippen molar-refractivity contribution < 1.29 is 23.3 Å². The van der Waals surface area contributed by atoms with Crippen LogP contribution in [0.4, 0.5) is 0 Å². The summed E-state index contributed by atoms with van der Waals surface area (Å²) in [5, 5.41) is 0. The second-order valence-electron chi connectivity index (χ2n) is 5.34. The van der Waals surface area contributed by atoms with Gasteiger partial charge in [0.05, 0.1) is 0 Å². The average Bonchev–Trinajstić information content (AvgIpc) is 2.74. The lowest BCUT2D eigenvalue weighted by Crippen LogP contribution is -2.60. The zero-order chi connectivity index (χ0) is 13.7. The fourth-order valence-corrected chi connectivity index (χ4v) is 2.98. The van der Waals surface area contributed by atoms with Gasteiger partial charge in [-0.2, -0.15) is 0 Å². The van der Waals surface area contributed by atoms with Gasteiger partial charge in [-0.3, -0.25) is 9.59 Å². The molecular weight excluding hydrogens is 245 g/mol. The van der Waals surface area contributed by atoms with Crippen LogP contribution in [0.25, 0.3) is 5.47 Å². The summed E-state index contributed by atoms with van der Waals surface area (Å²) >= 11 is 0. The summed E-state index contributed by atoms with van der Waals surface area (Å²) in [5.41, 5.74) is 1.37. The molecule has 0 spiro atoms. The van der Waals surface area contributed by atoms with E-state index in [0.29, 0.717) is 5.47 Å². The number of carbonyl (C=O) groups is 2. The van der Waals surface area contributed by atoms with Gasteiger partial charge in [0.2, 0.25) is 0 Å². The zero-order valence-corrected chi connectivity index (χ0v) is 10.7. The number of fused-ring (bicyclic) bond motifs is 1. The first kappa shape index (κ1) is 12.0. The van der Waals surface area contributed by atoms with Gasteiger partial charge < -0.3 is 13.7 Å². The number of hydrogen-bond acceptors (Lipinski definition) is 4. The van der Waals surface area contributed by atoms with E-state index < -0.39 is 6.69 Å². The fraction of sp³-hybridized carbons (Fsp3) is 0.231. The van der Waals surface area contributed by atoms with E-state index in [4.69, 9.17) is 9.31 Å². The van der Waals surface area contributed by atoms with Gasteiger partial charge in [-0.15, -0.1) is 6.58 Å². The average molecular weight is 259 g/mol. The van der Waals surface area contributed by atoms with Crippen LogP contribution in [-0.2, 0) is 18.9 Å². The second kappa shape index (κ2) is 3.71. The van der Waals surface area contributed by atoms with E-state index in [9.17, 15) is 9.59 Å². The third kappa shape index (κ3) is 1.53. The maximum Gasteiger partial charge on any atom is 0.614 e. The molecule has 0 unspecified atom stereocenters. The molecule has 0 bridgehead atoms. The molecule has 0 aromatic heterocycles. The molecule has 2 aliphatic rings. The molecule has 0 N–H and O–H groups in total. The number of nitrogens with zero attached hydrogens (tertiary/aromatic N) is 1. The molecule has 5 nitrogen and oxygen atoms in total. The summed E-state index contributed by atoms with van der Waals surface area (Å²) in [6, 6.07) is 9.34. The summed E-state index contributed by atoms with van der Waals surface area (Å²) in [4.78, 5) is 23.3. The van der Waals surface area contributed by atoms with Crippen LogP contribution in [0.5, 0.6) is 0 Å². The van der Waals surface area contributed by atoms with Crippen molar-refractivity contribution in [1.29, 1.82) is 0 Å². The molecule has 0 radical (unpaired) electrons. The number of likely N-dealkylation sites (N-methyl/N-ethyl adjacent to an activating group) is 1. The lowest BCUT2D eigenvalue weighted by Gasteiger charge is -2.41. The first-order valence-electron chi connectivity index (χ1n) is 6.14.